The van der Waals surface area contributed by atoms with Gasteiger partial charge in [0, 0.05) is 29.1 Å². The Kier molecular flexibility index (Phi) is 16.0. The van der Waals surface area contributed by atoms with Gasteiger partial charge >= 0.3 is 0 Å². The fourth-order valence-electron chi connectivity index (χ4n) is 8.91. The largest absolute Gasteiger partial charge is 0.508 e. The summed E-state index contributed by atoms with van der Waals surface area (Å²) in [6, 6.07) is 8.38. The van der Waals surface area contributed by atoms with Crippen molar-refractivity contribution in [1.82, 2.24) is 42.1 Å². The Bertz CT molecular complexity index is 2190. The molecule has 364 valence electrons. The van der Waals surface area contributed by atoms with Crippen LogP contribution < -0.4 is 48.7 Å². The summed E-state index contributed by atoms with van der Waals surface area (Å²) in [5.74, 6) is -4.58. The van der Waals surface area contributed by atoms with E-state index in [9.17, 15) is 39.6 Å². The van der Waals surface area contributed by atoms with Crippen LogP contribution in [0.5, 0.6) is 5.75 Å². The van der Waals surface area contributed by atoms with Gasteiger partial charge in [-0.15, -0.1) is 0 Å². The van der Waals surface area contributed by atoms with Crippen LogP contribution >= 0.6 is 0 Å². The normalized spacial score (nSPS) is 32.9. The van der Waals surface area contributed by atoms with E-state index in [-0.39, 0.29) is 48.8 Å². The first-order chi connectivity index (χ1) is 31.7. The maximum Gasteiger partial charge on any atom is 0.245 e. The van der Waals surface area contributed by atoms with E-state index in [1.54, 1.807) is 32.9 Å². The molecule has 4 heterocycles. The summed E-state index contributed by atoms with van der Waals surface area (Å²) < 4.78 is 6.18. The lowest BCUT2D eigenvalue weighted by Gasteiger charge is -2.47. The minimum absolute atomic E-state index is 0.00286. The fourth-order valence-corrected chi connectivity index (χ4v) is 8.91. The average molecular weight is 931 g/mol. The molecule has 4 aliphatic rings. The first-order valence-corrected chi connectivity index (χ1v) is 22.5. The topological polar surface area (TPSA) is 323 Å². The summed E-state index contributed by atoms with van der Waals surface area (Å²) in [5.41, 5.74) is 14.5. The minimum Gasteiger partial charge on any atom is -0.508 e. The minimum atomic E-state index is -1.56. The molecule has 15 atom stereocenters. The number of benzene rings is 2. The van der Waals surface area contributed by atoms with Crippen LogP contribution in [0.3, 0.4) is 0 Å². The lowest BCUT2D eigenvalue weighted by molar-refractivity contribution is -0.229. The predicted octanol–water partition coefficient (Wildman–Crippen LogP) is -2.33. The van der Waals surface area contributed by atoms with E-state index in [1.807, 2.05) is 37.3 Å². The summed E-state index contributed by atoms with van der Waals surface area (Å²) >= 11 is 0. The zero-order chi connectivity index (χ0) is 48.9. The molecule has 2 aromatic rings. The third-order valence-corrected chi connectivity index (χ3v) is 13.3. The molecule has 6 rings (SSSR count). The van der Waals surface area contributed by atoms with Crippen LogP contribution in [0.25, 0.3) is 0 Å². The van der Waals surface area contributed by atoms with Crippen molar-refractivity contribution in [3.05, 3.63) is 90.3 Å². The van der Waals surface area contributed by atoms with Gasteiger partial charge in [-0.25, -0.2) is 0 Å². The number of aliphatic hydroxyl groups is 3. The molecule has 0 radical (unpaired) electrons. The highest BCUT2D eigenvalue weighted by molar-refractivity contribution is 5.94. The number of carbonyl (C=O) groups is 4. The number of amides is 4. The Balaban J connectivity index is 1.39. The van der Waals surface area contributed by atoms with Crippen molar-refractivity contribution < 1.29 is 44.3 Å². The number of nitrogens with two attached hydrogens (primary N) is 2. The molecule has 0 aromatic heterocycles. The van der Waals surface area contributed by atoms with E-state index >= 15 is 0 Å². The molecule has 4 amide bonds. The van der Waals surface area contributed by atoms with Crippen molar-refractivity contribution in [2.75, 3.05) is 19.6 Å². The van der Waals surface area contributed by atoms with Gasteiger partial charge in [-0.3, -0.25) is 29.2 Å². The predicted molar refractivity (Wildman–Crippen MR) is 249 cm³/mol. The van der Waals surface area contributed by atoms with E-state index in [2.05, 4.69) is 60.4 Å². The number of guanidine groups is 2. The number of aliphatic hydroxyl groups excluding tert-OH is 3. The zero-order valence-corrected chi connectivity index (χ0v) is 38.4. The Labute approximate surface area is 390 Å². The molecule has 0 saturated carbocycles. The van der Waals surface area contributed by atoms with Gasteiger partial charge in [0.2, 0.25) is 23.6 Å². The third-order valence-electron chi connectivity index (χ3n) is 13.3. The van der Waals surface area contributed by atoms with Gasteiger partial charge in [0.05, 0.1) is 56.0 Å². The fraction of sp³-hybridized carbons (Fsp3) is 0.522. The Morgan fingerprint density at radius 1 is 0.791 bits per heavy atom. The number of aromatic hydroxyl groups is 1. The Morgan fingerprint density at radius 2 is 1.46 bits per heavy atom. The molecular formula is C46H66N12O9. The molecular weight excluding hydrogens is 865 g/mol. The molecule has 2 aromatic carbocycles. The van der Waals surface area contributed by atoms with Crippen molar-refractivity contribution in [2.45, 2.75) is 120 Å². The van der Waals surface area contributed by atoms with E-state index in [4.69, 9.17) is 16.2 Å². The highest BCUT2D eigenvalue weighted by Crippen LogP contribution is 2.33. The van der Waals surface area contributed by atoms with Crippen molar-refractivity contribution in [2.24, 2.45) is 33.3 Å². The van der Waals surface area contributed by atoms with Gasteiger partial charge in [0.1, 0.15) is 36.1 Å². The maximum absolute atomic E-state index is 15.0. The number of nitrogens with zero attached hydrogens (tertiary/aromatic N) is 3. The molecule has 2 fully saturated rings. The van der Waals surface area contributed by atoms with Crippen LogP contribution in [-0.4, -0.2) is 153 Å². The van der Waals surface area contributed by atoms with Crippen LogP contribution in [0.2, 0.25) is 0 Å². The lowest BCUT2D eigenvalue weighted by atomic mass is 9.88. The summed E-state index contributed by atoms with van der Waals surface area (Å²) in [6.45, 7) is 16.7. The second-order valence-corrected chi connectivity index (χ2v) is 18.0. The number of hydrogen-bond acceptors (Lipinski definition) is 17. The Hall–Kier alpha value is -6.42. The smallest absolute Gasteiger partial charge is 0.245 e. The van der Waals surface area contributed by atoms with E-state index in [0.29, 0.717) is 5.70 Å². The molecule has 0 spiro atoms. The lowest BCUT2D eigenvalue weighted by Crippen LogP contribution is -2.67. The maximum atomic E-state index is 15.0. The number of rotatable bonds is 9. The van der Waals surface area contributed by atoms with Crippen LogP contribution in [0.1, 0.15) is 51.7 Å². The van der Waals surface area contributed by atoms with Gasteiger partial charge in [-0.05, 0) is 43.5 Å². The molecule has 21 heteroatoms. The molecule has 2 saturated heterocycles. The van der Waals surface area contributed by atoms with Crippen molar-refractivity contribution in [3.8, 4) is 5.75 Å². The molecule has 21 nitrogen and oxygen atoms in total. The average Bonchev–Trinajstić information content (AvgIpc) is 3.93. The quantitative estimate of drug-likeness (QED) is 0.126. The first kappa shape index (κ1) is 50.0. The van der Waals surface area contributed by atoms with Gasteiger partial charge in [0.15, 0.2) is 18.1 Å². The number of nitrogens with one attached hydrogen (secondary N) is 7. The Morgan fingerprint density at radius 3 is 2.12 bits per heavy atom. The van der Waals surface area contributed by atoms with E-state index in [0.717, 1.165) is 11.1 Å². The second-order valence-electron chi connectivity index (χ2n) is 18.0. The van der Waals surface area contributed by atoms with Gasteiger partial charge < -0.3 is 78.7 Å². The molecule has 4 aliphatic heterocycles. The number of ether oxygens (including phenoxy) is 1. The van der Waals surface area contributed by atoms with E-state index in [1.165, 1.54) is 24.0 Å². The molecule has 15 unspecified atom stereocenters. The molecule has 67 heavy (non-hydrogen) atoms. The van der Waals surface area contributed by atoms with Gasteiger partial charge in [0.25, 0.3) is 0 Å². The summed E-state index contributed by atoms with van der Waals surface area (Å²) in [5, 5.41) is 64.9. The highest BCUT2D eigenvalue weighted by atomic mass is 16.5. The van der Waals surface area contributed by atoms with Crippen molar-refractivity contribution in [1.29, 1.82) is 0 Å². The van der Waals surface area contributed by atoms with Gasteiger partial charge in [-0.2, -0.15) is 0 Å². The van der Waals surface area contributed by atoms with Crippen LogP contribution in [0, 0.1) is 11.8 Å². The van der Waals surface area contributed by atoms with Crippen LogP contribution in [-0.2, 0) is 30.3 Å². The number of hydrogen-bond donors (Lipinski definition) is 13. The third kappa shape index (κ3) is 11.6. The van der Waals surface area contributed by atoms with Crippen molar-refractivity contribution in [3.63, 3.8) is 0 Å². The molecule has 15 N–H and O–H groups in total. The number of phenolic OH excluding ortho intramolecular Hbond substituents is 1. The van der Waals surface area contributed by atoms with Crippen LogP contribution in [0.4, 0.5) is 0 Å². The van der Waals surface area contributed by atoms with Crippen molar-refractivity contribution >= 4 is 35.5 Å². The van der Waals surface area contributed by atoms with E-state index < -0.39 is 115 Å². The summed E-state index contributed by atoms with van der Waals surface area (Å²) in [7, 11) is 0. The first-order valence-electron chi connectivity index (χ1n) is 22.5. The SMILES string of the molecule is C=C1NC(C(O)C2CN=C(N)N2)C(=O)NC(C(C)C2CN=C(N)N2C2OC(C)C(C)C(O)C2O)C(=O)NC(C)C(=O)NCC(=O)NC(C(C)c2ccccc2)C(=C)NC1Cc1ccc(O)cc1. The highest BCUT2D eigenvalue weighted by Gasteiger charge is 2.50. The summed E-state index contributed by atoms with van der Waals surface area (Å²) in [4.78, 5) is 66.9. The van der Waals surface area contributed by atoms with Crippen LogP contribution in [0.15, 0.2) is 89.1 Å². The van der Waals surface area contributed by atoms with Gasteiger partial charge in [-0.1, -0.05) is 76.4 Å². The number of carbonyl (C=O) groups excluding carboxylic acids is 4. The molecule has 0 aliphatic carbocycles. The standard InChI is InChI=1S/C46H66N12O9/c1-21-27(7)67-44(40(63)38(21)61)58-33(19-51-46(58)48)23(3)36-42(65)54-26(6)41(64)49-20-34(60)56-35(22(2)29-11-9-8-10-12-29)25(5)52-31(17-28-13-15-30(59)16-14-28)24(4)53-37(43(66)57-36)39(62)32-18-50-45(47)55-32/h8-16,21-23,26-27,31-33,35-40,44,52-53,59,61-63H,4-5,17-20H2,1-3,6-7H3,(H2,48,51)(H,49,64)(H,54,65)(H,56,60)(H,57,66)(H3,47,50,55). The summed E-state index contributed by atoms with van der Waals surface area (Å²) in [6.07, 6.45) is -5.68. The number of phenols is 1. The molecule has 0 bridgehead atoms. The second kappa shape index (κ2) is 21.5. The zero-order valence-electron chi connectivity index (χ0n) is 38.4. The monoisotopic (exact) mass is 931 g/mol. The number of aliphatic imine (C=N–C) groups is 2.